The van der Waals surface area contributed by atoms with Crippen molar-refractivity contribution >= 4 is 14.2 Å². The number of carbonyl (C=O) groups excluding carboxylic acids is 1. The van der Waals surface area contributed by atoms with E-state index in [1.165, 1.54) is 12.2 Å². The van der Waals surface area contributed by atoms with Gasteiger partial charge in [0, 0.05) is 13.7 Å². The summed E-state index contributed by atoms with van der Waals surface area (Å²) in [6.07, 6.45) is 2.89. The number of nitrogens with zero attached hydrogens (tertiary/aromatic N) is 1. The molecule has 0 aliphatic rings. The Morgan fingerprint density at radius 2 is 1.57 bits per heavy atom. The third-order valence-electron chi connectivity index (χ3n) is 7.83. The van der Waals surface area contributed by atoms with E-state index in [1.807, 2.05) is 31.2 Å². The summed E-state index contributed by atoms with van der Waals surface area (Å²) in [6, 6.07) is 11.2. The van der Waals surface area contributed by atoms with Crippen molar-refractivity contribution in [1.82, 2.24) is 5.06 Å². The van der Waals surface area contributed by atoms with E-state index in [9.17, 15) is 4.79 Å². The Kier molecular flexibility index (Phi) is 14.8. The highest BCUT2D eigenvalue weighted by molar-refractivity contribution is 6.73. The smallest absolute Gasteiger partial charge is 0.251 e. The number of hydrogen-bond donors (Lipinski definition) is 0. The molecule has 0 heterocycles. The quantitative estimate of drug-likeness (QED) is 0.163. The molecule has 1 aromatic carbocycles. The van der Waals surface area contributed by atoms with E-state index in [0.29, 0.717) is 25.0 Å². The lowest BCUT2D eigenvalue weighted by Gasteiger charge is -2.37. The lowest BCUT2D eigenvalue weighted by atomic mass is 9.85. The molecule has 0 aliphatic heterocycles. The van der Waals surface area contributed by atoms with Gasteiger partial charge in [0.2, 0.25) is 0 Å². The molecule has 0 bridgehead atoms. The molecule has 1 unspecified atom stereocenters. The van der Waals surface area contributed by atoms with Crippen LogP contribution in [0.25, 0.3) is 0 Å². The molecule has 0 spiro atoms. The average Bonchev–Trinajstić information content (AvgIpc) is 2.90. The minimum atomic E-state index is -1.85. The molecule has 4 atom stereocenters. The third-order valence-corrected chi connectivity index (χ3v) is 12.5. The fourth-order valence-electron chi connectivity index (χ4n) is 4.76. The molecule has 1 aromatic rings. The Balaban J connectivity index is 2.79. The van der Waals surface area contributed by atoms with Crippen LogP contribution < -0.4 is 4.74 Å². The highest BCUT2D eigenvalue weighted by Crippen LogP contribution is 2.31. The first kappa shape index (κ1) is 31.6. The van der Waals surface area contributed by atoms with Crippen molar-refractivity contribution in [3.63, 3.8) is 0 Å². The first-order valence-corrected chi connectivity index (χ1v) is 15.9. The molecule has 0 aromatic heterocycles. The van der Waals surface area contributed by atoms with E-state index in [1.54, 1.807) is 14.2 Å². The van der Waals surface area contributed by atoms with Crippen LogP contribution in [0.5, 0.6) is 5.75 Å². The van der Waals surface area contributed by atoms with Crippen LogP contribution in [0.4, 0.5) is 0 Å². The summed E-state index contributed by atoms with van der Waals surface area (Å²) in [7, 11) is 3.03. The van der Waals surface area contributed by atoms with E-state index in [0.717, 1.165) is 48.7 Å². The molecule has 1 rings (SSSR count). The summed E-state index contributed by atoms with van der Waals surface area (Å²) in [4.78, 5) is 18.1. The van der Waals surface area contributed by atoms with Crippen molar-refractivity contribution in [2.24, 2.45) is 17.8 Å². The van der Waals surface area contributed by atoms with E-state index in [-0.39, 0.29) is 17.9 Å². The molecule has 6 nitrogen and oxygen atoms in total. The molecule has 0 radical (unpaired) electrons. The lowest BCUT2D eigenvalue weighted by Crippen LogP contribution is -2.46. The second-order valence-electron chi connectivity index (χ2n) is 9.79. The SMILES string of the molecule is CC[C@H](CC[C@H](O[Si](CC)(CC)CC)[C@@H](C)C(=O)N(C)OC)C(C)COCc1ccc(OC)cc1. The highest BCUT2D eigenvalue weighted by Gasteiger charge is 2.37. The van der Waals surface area contributed by atoms with Crippen LogP contribution in [0.3, 0.4) is 0 Å². The van der Waals surface area contributed by atoms with Crippen molar-refractivity contribution in [1.29, 1.82) is 0 Å². The topological polar surface area (TPSA) is 57.2 Å². The van der Waals surface area contributed by atoms with Gasteiger partial charge in [-0.15, -0.1) is 0 Å². The Labute approximate surface area is 215 Å². The van der Waals surface area contributed by atoms with Crippen LogP contribution in [-0.4, -0.2) is 53.3 Å². The van der Waals surface area contributed by atoms with Crippen LogP contribution in [0.2, 0.25) is 18.1 Å². The Morgan fingerprint density at radius 1 is 0.971 bits per heavy atom. The van der Waals surface area contributed by atoms with Crippen LogP contribution in [0.1, 0.15) is 66.4 Å². The number of carbonyl (C=O) groups is 1. The molecule has 7 heteroatoms. The van der Waals surface area contributed by atoms with Crippen LogP contribution in [-0.2, 0) is 25.4 Å². The minimum absolute atomic E-state index is 0.0207. The van der Waals surface area contributed by atoms with Crippen molar-refractivity contribution in [2.75, 3.05) is 27.9 Å². The second-order valence-corrected chi connectivity index (χ2v) is 14.5. The predicted molar refractivity (Wildman–Crippen MR) is 146 cm³/mol. The lowest BCUT2D eigenvalue weighted by molar-refractivity contribution is -0.176. The van der Waals surface area contributed by atoms with Gasteiger partial charge in [-0.1, -0.05) is 60.1 Å². The zero-order chi connectivity index (χ0) is 26.4. The number of hydroxylamine groups is 2. The van der Waals surface area contributed by atoms with E-state index >= 15 is 0 Å². The molecular formula is C28H51NO5Si. The van der Waals surface area contributed by atoms with Gasteiger partial charge in [0.1, 0.15) is 5.75 Å². The normalized spacial score (nSPS) is 15.3. The van der Waals surface area contributed by atoms with Gasteiger partial charge in [-0.2, -0.15) is 0 Å². The highest BCUT2D eigenvalue weighted by atomic mass is 28.4. The maximum Gasteiger partial charge on any atom is 0.251 e. The first-order valence-electron chi connectivity index (χ1n) is 13.4. The zero-order valence-electron chi connectivity index (χ0n) is 23.8. The second kappa shape index (κ2) is 16.4. The van der Waals surface area contributed by atoms with Crippen LogP contribution >= 0.6 is 0 Å². The van der Waals surface area contributed by atoms with Crippen molar-refractivity contribution < 1.29 is 23.5 Å². The van der Waals surface area contributed by atoms with Crippen molar-refractivity contribution in [2.45, 2.75) is 91.6 Å². The molecule has 0 saturated heterocycles. The number of amides is 1. The van der Waals surface area contributed by atoms with Gasteiger partial charge in [-0.3, -0.25) is 9.63 Å². The van der Waals surface area contributed by atoms with Crippen molar-refractivity contribution in [3.8, 4) is 5.75 Å². The summed E-state index contributed by atoms with van der Waals surface area (Å²) < 4.78 is 18.2. The summed E-state index contributed by atoms with van der Waals surface area (Å²) in [5, 5.41) is 1.33. The van der Waals surface area contributed by atoms with E-state index in [2.05, 4.69) is 34.6 Å². The number of ether oxygens (including phenoxy) is 2. The van der Waals surface area contributed by atoms with Gasteiger partial charge < -0.3 is 13.9 Å². The fraction of sp³-hybridized carbons (Fsp3) is 0.750. The predicted octanol–water partition coefficient (Wildman–Crippen LogP) is 6.70. The van der Waals surface area contributed by atoms with Crippen LogP contribution in [0.15, 0.2) is 24.3 Å². The number of rotatable bonds is 18. The minimum Gasteiger partial charge on any atom is -0.497 e. The Morgan fingerprint density at radius 3 is 2.06 bits per heavy atom. The molecule has 0 fully saturated rings. The Bertz CT molecular complexity index is 702. The first-order chi connectivity index (χ1) is 16.7. The molecule has 0 N–H and O–H groups in total. The van der Waals surface area contributed by atoms with Gasteiger partial charge in [0.25, 0.3) is 5.91 Å². The Hall–Kier alpha value is -1.41. The van der Waals surface area contributed by atoms with Gasteiger partial charge in [-0.05, 0) is 60.5 Å². The monoisotopic (exact) mass is 509 g/mol. The summed E-state index contributed by atoms with van der Waals surface area (Å²) >= 11 is 0. The molecule has 0 aliphatic carbocycles. The van der Waals surface area contributed by atoms with Crippen molar-refractivity contribution in [3.05, 3.63) is 29.8 Å². The number of methoxy groups -OCH3 is 1. The summed E-state index contributed by atoms with van der Waals surface area (Å²) in [6.45, 7) is 14.5. The van der Waals surface area contributed by atoms with Gasteiger partial charge in [0.05, 0.1) is 32.8 Å². The van der Waals surface area contributed by atoms with E-state index in [4.69, 9.17) is 18.7 Å². The van der Waals surface area contributed by atoms with E-state index < -0.39 is 8.32 Å². The molecule has 35 heavy (non-hydrogen) atoms. The average molecular weight is 510 g/mol. The molecule has 1 amide bonds. The summed E-state index contributed by atoms with van der Waals surface area (Å²) in [5.41, 5.74) is 1.15. The molecule has 0 saturated carbocycles. The van der Waals surface area contributed by atoms with Gasteiger partial charge in [0.15, 0.2) is 8.32 Å². The standard InChI is InChI=1S/C28H51NO5Si/c1-10-25(22(5)20-33-21-24-14-17-26(31-8)18-15-24)16-19-27(23(6)28(30)29(7)32-9)34-35(11-2,12-3)13-4/h14-15,17-18,22-23,25,27H,10-13,16,19-21H2,1-9H3/t22?,23-,25-,27+/m1/s1. The maximum absolute atomic E-state index is 12.9. The zero-order valence-corrected chi connectivity index (χ0v) is 24.8. The number of benzene rings is 1. The van der Waals surface area contributed by atoms with Gasteiger partial charge in [-0.25, -0.2) is 5.06 Å². The van der Waals surface area contributed by atoms with Gasteiger partial charge >= 0.3 is 0 Å². The molecule has 202 valence electrons. The number of hydrogen-bond acceptors (Lipinski definition) is 5. The fourth-order valence-corrected chi connectivity index (χ4v) is 7.72. The summed E-state index contributed by atoms with van der Waals surface area (Å²) in [5.74, 6) is 1.54. The molecular weight excluding hydrogens is 458 g/mol. The maximum atomic E-state index is 12.9. The largest absolute Gasteiger partial charge is 0.497 e. The van der Waals surface area contributed by atoms with Crippen LogP contribution in [0, 0.1) is 17.8 Å². The third kappa shape index (κ3) is 9.87.